The molecular formula is C9H13N3O5. The number of guanidine groups is 1. The highest BCUT2D eigenvalue weighted by atomic mass is 16.4. The van der Waals surface area contributed by atoms with Crippen molar-refractivity contribution in [2.75, 3.05) is 20.1 Å². The second kappa shape index (κ2) is 4.81. The molecule has 1 aliphatic heterocycles. The molecule has 0 aromatic heterocycles. The van der Waals surface area contributed by atoms with Crippen LogP contribution in [0.4, 0.5) is 0 Å². The van der Waals surface area contributed by atoms with Crippen LogP contribution in [0.2, 0.25) is 0 Å². The Labute approximate surface area is 96.9 Å². The fraction of sp³-hybridized carbons (Fsp3) is 0.556. The molecule has 1 heterocycles. The number of carbonyl (C=O) groups excluding carboxylic acids is 1. The number of likely N-dealkylation sites (N-methyl/N-ethyl adjacent to an activating group) is 1. The summed E-state index contributed by atoms with van der Waals surface area (Å²) in [4.78, 5) is 34.7. The van der Waals surface area contributed by atoms with E-state index < -0.39 is 30.3 Å². The van der Waals surface area contributed by atoms with E-state index in [-0.39, 0.29) is 18.9 Å². The van der Waals surface area contributed by atoms with E-state index in [9.17, 15) is 14.4 Å². The van der Waals surface area contributed by atoms with Crippen LogP contribution in [0.5, 0.6) is 0 Å². The molecule has 1 fully saturated rings. The molecule has 1 atom stereocenters. The molecule has 1 rings (SSSR count). The first-order chi connectivity index (χ1) is 7.82. The Morgan fingerprint density at radius 1 is 1.53 bits per heavy atom. The summed E-state index contributed by atoms with van der Waals surface area (Å²) in [5.41, 5.74) is 0. The molecule has 0 saturated carbocycles. The first-order valence-corrected chi connectivity index (χ1v) is 4.87. The normalized spacial score (nSPS) is 19.2. The molecule has 0 bridgehead atoms. The van der Waals surface area contributed by atoms with Crippen LogP contribution in [0.25, 0.3) is 0 Å². The minimum atomic E-state index is -1.13. The summed E-state index contributed by atoms with van der Waals surface area (Å²) in [5, 5.41) is 24.9. The van der Waals surface area contributed by atoms with Crippen LogP contribution in [-0.2, 0) is 14.4 Å². The van der Waals surface area contributed by atoms with Crippen molar-refractivity contribution in [3.8, 4) is 0 Å². The Bertz CT molecular complexity index is 381. The van der Waals surface area contributed by atoms with Gasteiger partial charge in [0.2, 0.25) is 11.9 Å². The summed E-state index contributed by atoms with van der Waals surface area (Å²) in [5.74, 6) is -3.81. The van der Waals surface area contributed by atoms with E-state index in [1.165, 1.54) is 7.05 Å². The maximum absolute atomic E-state index is 11.5. The summed E-state index contributed by atoms with van der Waals surface area (Å²) in [6, 6.07) is 0. The standard InChI is InChI=1S/C9H13N3O5/c1-11(4-7(14)15)9(10)12-3-5(8(16)17)2-6(12)13/h5,10H,2-4H2,1H3,(H,14,15)(H,16,17). The van der Waals surface area contributed by atoms with Gasteiger partial charge in [0.05, 0.1) is 5.92 Å². The van der Waals surface area contributed by atoms with Crippen LogP contribution >= 0.6 is 0 Å². The zero-order chi connectivity index (χ0) is 13.2. The minimum absolute atomic E-state index is 0.0864. The molecule has 17 heavy (non-hydrogen) atoms. The van der Waals surface area contributed by atoms with Crippen molar-refractivity contribution in [3.63, 3.8) is 0 Å². The molecule has 1 unspecified atom stereocenters. The lowest BCUT2D eigenvalue weighted by Gasteiger charge is -2.24. The van der Waals surface area contributed by atoms with Gasteiger partial charge in [-0.2, -0.15) is 0 Å². The maximum atomic E-state index is 11.5. The van der Waals surface area contributed by atoms with E-state index in [1.807, 2.05) is 0 Å². The Morgan fingerprint density at radius 2 is 2.12 bits per heavy atom. The lowest BCUT2D eigenvalue weighted by Crippen LogP contribution is -2.44. The smallest absolute Gasteiger partial charge is 0.323 e. The minimum Gasteiger partial charge on any atom is -0.481 e. The summed E-state index contributed by atoms with van der Waals surface area (Å²) < 4.78 is 0. The third kappa shape index (κ3) is 2.92. The molecule has 0 aromatic carbocycles. The van der Waals surface area contributed by atoms with Gasteiger partial charge < -0.3 is 15.1 Å². The second-order valence-electron chi connectivity index (χ2n) is 3.82. The number of amides is 1. The third-order valence-electron chi connectivity index (χ3n) is 2.46. The third-order valence-corrected chi connectivity index (χ3v) is 2.46. The van der Waals surface area contributed by atoms with Gasteiger partial charge in [0.25, 0.3) is 0 Å². The van der Waals surface area contributed by atoms with Crippen molar-refractivity contribution >= 4 is 23.8 Å². The largest absolute Gasteiger partial charge is 0.481 e. The van der Waals surface area contributed by atoms with Gasteiger partial charge in [-0.05, 0) is 0 Å². The van der Waals surface area contributed by atoms with Gasteiger partial charge in [-0.3, -0.25) is 24.7 Å². The van der Waals surface area contributed by atoms with Crippen LogP contribution in [0.3, 0.4) is 0 Å². The Balaban J connectivity index is 2.67. The highest BCUT2D eigenvalue weighted by Crippen LogP contribution is 2.18. The van der Waals surface area contributed by atoms with E-state index in [0.29, 0.717) is 0 Å². The van der Waals surface area contributed by atoms with Gasteiger partial charge in [-0.1, -0.05) is 0 Å². The zero-order valence-electron chi connectivity index (χ0n) is 9.21. The molecule has 1 aliphatic rings. The maximum Gasteiger partial charge on any atom is 0.323 e. The van der Waals surface area contributed by atoms with Crippen molar-refractivity contribution in [2.45, 2.75) is 6.42 Å². The number of nitrogens with zero attached hydrogens (tertiary/aromatic N) is 2. The molecule has 8 nitrogen and oxygen atoms in total. The Hall–Kier alpha value is -2.12. The molecule has 0 aliphatic carbocycles. The average Bonchev–Trinajstić information content (AvgIpc) is 2.58. The van der Waals surface area contributed by atoms with Gasteiger partial charge in [0, 0.05) is 20.0 Å². The summed E-state index contributed by atoms with van der Waals surface area (Å²) in [6.07, 6.45) is -0.154. The van der Waals surface area contributed by atoms with Crippen LogP contribution in [0.1, 0.15) is 6.42 Å². The number of rotatable bonds is 3. The number of likely N-dealkylation sites (tertiary alicyclic amines) is 1. The Morgan fingerprint density at radius 3 is 2.53 bits per heavy atom. The van der Waals surface area contributed by atoms with Gasteiger partial charge in [0.1, 0.15) is 6.54 Å². The number of carboxylic acid groups (broad SMARTS) is 2. The summed E-state index contributed by atoms with van der Waals surface area (Å²) >= 11 is 0. The first kappa shape index (κ1) is 12.9. The van der Waals surface area contributed by atoms with E-state index in [1.54, 1.807) is 0 Å². The molecule has 0 radical (unpaired) electrons. The van der Waals surface area contributed by atoms with Crippen molar-refractivity contribution in [1.29, 1.82) is 5.41 Å². The molecule has 94 valence electrons. The Kier molecular flexibility index (Phi) is 3.66. The van der Waals surface area contributed by atoms with E-state index in [0.717, 1.165) is 9.80 Å². The van der Waals surface area contributed by atoms with Crippen LogP contribution in [0.15, 0.2) is 0 Å². The summed E-state index contributed by atoms with van der Waals surface area (Å²) in [7, 11) is 1.36. The SMILES string of the molecule is CN(CC(=O)O)C(=N)N1CC(C(=O)O)CC1=O. The quantitative estimate of drug-likeness (QED) is 0.426. The number of aliphatic carboxylic acids is 2. The topological polar surface area (TPSA) is 122 Å². The lowest BCUT2D eigenvalue weighted by molar-refractivity contribution is -0.141. The van der Waals surface area contributed by atoms with Crippen LogP contribution in [0, 0.1) is 11.3 Å². The fourth-order valence-corrected chi connectivity index (χ4v) is 1.56. The number of hydrogen-bond acceptors (Lipinski definition) is 4. The van der Waals surface area contributed by atoms with Gasteiger partial charge in [0.15, 0.2) is 0 Å². The van der Waals surface area contributed by atoms with Crippen molar-refractivity contribution in [2.24, 2.45) is 5.92 Å². The monoisotopic (exact) mass is 243 g/mol. The van der Waals surface area contributed by atoms with Gasteiger partial charge in [-0.25, -0.2) is 0 Å². The van der Waals surface area contributed by atoms with Crippen molar-refractivity contribution < 1.29 is 24.6 Å². The second-order valence-corrected chi connectivity index (χ2v) is 3.82. The number of hydrogen-bond donors (Lipinski definition) is 3. The molecule has 1 saturated heterocycles. The molecule has 8 heteroatoms. The van der Waals surface area contributed by atoms with Gasteiger partial charge in [-0.15, -0.1) is 0 Å². The van der Waals surface area contributed by atoms with Crippen LogP contribution < -0.4 is 0 Å². The lowest BCUT2D eigenvalue weighted by atomic mass is 10.1. The van der Waals surface area contributed by atoms with E-state index >= 15 is 0 Å². The van der Waals surface area contributed by atoms with Crippen LogP contribution in [-0.4, -0.2) is 64.0 Å². The molecule has 0 aromatic rings. The molecule has 3 N–H and O–H groups in total. The molecule has 0 spiro atoms. The highest BCUT2D eigenvalue weighted by Gasteiger charge is 2.37. The van der Waals surface area contributed by atoms with Crippen molar-refractivity contribution in [1.82, 2.24) is 9.80 Å². The van der Waals surface area contributed by atoms with Gasteiger partial charge >= 0.3 is 11.9 Å². The fourth-order valence-electron chi connectivity index (χ4n) is 1.56. The van der Waals surface area contributed by atoms with E-state index in [2.05, 4.69) is 0 Å². The average molecular weight is 243 g/mol. The van der Waals surface area contributed by atoms with Crippen molar-refractivity contribution in [3.05, 3.63) is 0 Å². The van der Waals surface area contributed by atoms with E-state index in [4.69, 9.17) is 15.6 Å². The molecule has 1 amide bonds. The number of carboxylic acids is 2. The zero-order valence-corrected chi connectivity index (χ0v) is 9.21. The number of carbonyl (C=O) groups is 3. The summed E-state index contributed by atoms with van der Waals surface area (Å²) in [6.45, 7) is -0.503. The highest BCUT2D eigenvalue weighted by molar-refractivity contribution is 6.00. The molecular weight excluding hydrogens is 230 g/mol. The number of nitrogens with one attached hydrogen (secondary N) is 1. The first-order valence-electron chi connectivity index (χ1n) is 4.87. The predicted octanol–water partition coefficient (Wildman–Crippen LogP) is -1.13. The predicted molar refractivity (Wildman–Crippen MR) is 55.4 cm³/mol.